The SMILES string of the molecule is Cc1cc(/C=C/C(=O)O[C@H](C)C(=O)Nc2ccc3c(c2)OCCO3)c(C)n1C1CC1. The van der Waals surface area contributed by atoms with E-state index in [0.29, 0.717) is 36.4 Å². The molecule has 1 aliphatic carbocycles. The van der Waals surface area contributed by atoms with E-state index in [1.807, 2.05) is 0 Å². The van der Waals surface area contributed by atoms with Crippen molar-refractivity contribution in [3.05, 3.63) is 47.3 Å². The number of carbonyl (C=O) groups is 2. The number of ether oxygens (including phenoxy) is 3. The number of esters is 1. The minimum atomic E-state index is -0.936. The average molecular weight is 410 g/mol. The van der Waals surface area contributed by atoms with Gasteiger partial charge in [0.15, 0.2) is 17.6 Å². The molecule has 1 aromatic carbocycles. The summed E-state index contributed by atoms with van der Waals surface area (Å²) in [5.41, 5.74) is 3.87. The minimum absolute atomic E-state index is 0.416. The number of benzene rings is 1. The van der Waals surface area contributed by atoms with Gasteiger partial charge in [-0.05, 0) is 63.5 Å². The fourth-order valence-corrected chi connectivity index (χ4v) is 3.66. The lowest BCUT2D eigenvalue weighted by Crippen LogP contribution is -2.29. The number of nitrogens with zero attached hydrogens (tertiary/aromatic N) is 1. The van der Waals surface area contributed by atoms with Crippen molar-refractivity contribution in [2.45, 2.75) is 45.8 Å². The van der Waals surface area contributed by atoms with E-state index in [1.165, 1.54) is 31.5 Å². The Morgan fingerprint density at radius 3 is 2.63 bits per heavy atom. The van der Waals surface area contributed by atoms with Gasteiger partial charge in [-0.2, -0.15) is 0 Å². The second-order valence-corrected chi connectivity index (χ2v) is 7.69. The van der Waals surface area contributed by atoms with Gasteiger partial charge in [-0.25, -0.2) is 4.79 Å². The summed E-state index contributed by atoms with van der Waals surface area (Å²) < 4.78 is 18.5. The number of fused-ring (bicyclic) bond motifs is 1. The minimum Gasteiger partial charge on any atom is -0.486 e. The molecule has 1 aliphatic heterocycles. The van der Waals surface area contributed by atoms with Crippen molar-refractivity contribution < 1.29 is 23.8 Å². The molecule has 0 radical (unpaired) electrons. The van der Waals surface area contributed by atoms with Gasteiger partial charge in [0.05, 0.1) is 0 Å². The van der Waals surface area contributed by atoms with Crippen LogP contribution in [0.1, 0.15) is 42.8 Å². The van der Waals surface area contributed by atoms with Crippen molar-refractivity contribution in [2.24, 2.45) is 0 Å². The Hall–Kier alpha value is -3.22. The van der Waals surface area contributed by atoms with Gasteiger partial charge in [-0.15, -0.1) is 0 Å². The zero-order valence-corrected chi connectivity index (χ0v) is 17.4. The molecule has 1 fully saturated rings. The first-order valence-electron chi connectivity index (χ1n) is 10.2. The zero-order valence-electron chi connectivity index (χ0n) is 17.4. The quantitative estimate of drug-likeness (QED) is 0.579. The number of aromatic nitrogens is 1. The highest BCUT2D eigenvalue weighted by Crippen LogP contribution is 2.38. The van der Waals surface area contributed by atoms with Gasteiger partial charge in [0.2, 0.25) is 0 Å². The van der Waals surface area contributed by atoms with Crippen LogP contribution in [0.4, 0.5) is 5.69 Å². The van der Waals surface area contributed by atoms with Crippen LogP contribution in [0.2, 0.25) is 0 Å². The fourth-order valence-electron chi connectivity index (χ4n) is 3.66. The Labute approximate surface area is 175 Å². The van der Waals surface area contributed by atoms with Gasteiger partial charge in [0, 0.05) is 35.3 Å². The van der Waals surface area contributed by atoms with Crippen molar-refractivity contribution in [3.63, 3.8) is 0 Å². The first-order valence-corrected chi connectivity index (χ1v) is 10.2. The Bertz CT molecular complexity index is 1000. The number of anilines is 1. The van der Waals surface area contributed by atoms with E-state index in [2.05, 4.69) is 29.8 Å². The maximum atomic E-state index is 12.4. The molecule has 2 heterocycles. The Morgan fingerprint density at radius 2 is 1.90 bits per heavy atom. The van der Waals surface area contributed by atoms with Crippen LogP contribution in [-0.4, -0.2) is 35.8 Å². The maximum Gasteiger partial charge on any atom is 0.331 e. The van der Waals surface area contributed by atoms with E-state index in [-0.39, 0.29) is 0 Å². The van der Waals surface area contributed by atoms with Crippen molar-refractivity contribution in [2.75, 3.05) is 18.5 Å². The molecule has 1 saturated carbocycles. The van der Waals surface area contributed by atoms with Crippen LogP contribution in [0.15, 0.2) is 30.3 Å². The molecular weight excluding hydrogens is 384 g/mol. The summed E-state index contributed by atoms with van der Waals surface area (Å²) in [6, 6.07) is 7.80. The van der Waals surface area contributed by atoms with Crippen LogP contribution in [-0.2, 0) is 14.3 Å². The van der Waals surface area contributed by atoms with E-state index in [1.54, 1.807) is 24.3 Å². The van der Waals surface area contributed by atoms with Gasteiger partial charge >= 0.3 is 5.97 Å². The van der Waals surface area contributed by atoms with E-state index in [4.69, 9.17) is 14.2 Å². The summed E-state index contributed by atoms with van der Waals surface area (Å²) in [5, 5.41) is 2.73. The van der Waals surface area contributed by atoms with Crippen LogP contribution < -0.4 is 14.8 Å². The highest BCUT2D eigenvalue weighted by molar-refractivity contribution is 5.96. The standard InChI is InChI=1S/C23H26N2O5/c1-14-12-17(15(2)25(14)19-6-7-19)4-9-22(26)30-16(3)23(27)24-18-5-8-20-21(13-18)29-11-10-28-20/h4-5,8-9,12-13,16,19H,6-7,10-11H2,1-3H3,(H,24,27)/b9-4+/t16-/m1/s1. The van der Waals surface area contributed by atoms with Crippen LogP contribution in [0, 0.1) is 13.8 Å². The summed E-state index contributed by atoms with van der Waals surface area (Å²) in [6.07, 6.45) is 4.59. The van der Waals surface area contributed by atoms with Gasteiger partial charge in [-0.3, -0.25) is 4.79 Å². The predicted octanol–water partition coefficient (Wildman–Crippen LogP) is 3.79. The van der Waals surface area contributed by atoms with Crippen molar-refractivity contribution >= 4 is 23.6 Å². The number of hydrogen-bond donors (Lipinski definition) is 1. The van der Waals surface area contributed by atoms with Crippen LogP contribution >= 0.6 is 0 Å². The monoisotopic (exact) mass is 410 g/mol. The molecule has 7 nitrogen and oxygen atoms in total. The number of aryl methyl sites for hydroxylation is 1. The van der Waals surface area contributed by atoms with E-state index in [9.17, 15) is 9.59 Å². The number of rotatable bonds is 6. The first-order chi connectivity index (χ1) is 14.4. The first kappa shape index (κ1) is 20.1. The predicted molar refractivity (Wildman–Crippen MR) is 113 cm³/mol. The van der Waals surface area contributed by atoms with Crippen LogP contribution in [0.3, 0.4) is 0 Å². The van der Waals surface area contributed by atoms with E-state index >= 15 is 0 Å². The maximum absolute atomic E-state index is 12.4. The molecule has 7 heteroatoms. The van der Waals surface area contributed by atoms with Gasteiger partial charge in [-0.1, -0.05) is 0 Å². The molecule has 2 aromatic rings. The van der Waals surface area contributed by atoms with Crippen LogP contribution in [0.25, 0.3) is 6.08 Å². The third-order valence-corrected chi connectivity index (χ3v) is 5.31. The number of amides is 1. The summed E-state index contributed by atoms with van der Waals surface area (Å²) in [4.78, 5) is 24.6. The largest absolute Gasteiger partial charge is 0.486 e. The second-order valence-electron chi connectivity index (χ2n) is 7.69. The molecule has 0 bridgehead atoms. The Kier molecular flexibility index (Phi) is 5.53. The highest BCUT2D eigenvalue weighted by atomic mass is 16.6. The molecule has 0 saturated heterocycles. The molecule has 1 atom stereocenters. The lowest BCUT2D eigenvalue weighted by atomic mass is 10.2. The molecule has 1 aromatic heterocycles. The third kappa shape index (κ3) is 4.35. The van der Waals surface area contributed by atoms with Gasteiger partial charge in [0.25, 0.3) is 5.91 Å². The Morgan fingerprint density at radius 1 is 1.17 bits per heavy atom. The lowest BCUT2D eigenvalue weighted by molar-refractivity contribution is -0.148. The molecule has 1 N–H and O–H groups in total. The number of carbonyl (C=O) groups excluding carboxylic acids is 2. The summed E-state index contributed by atoms with van der Waals surface area (Å²) in [6.45, 7) is 6.64. The topological polar surface area (TPSA) is 78.8 Å². The third-order valence-electron chi connectivity index (χ3n) is 5.31. The molecule has 4 rings (SSSR count). The normalized spacial score (nSPS) is 16.4. The molecule has 0 spiro atoms. The number of nitrogens with one attached hydrogen (secondary N) is 1. The molecule has 0 unspecified atom stereocenters. The average Bonchev–Trinajstić information content (AvgIpc) is 3.51. The molecular formula is C23H26N2O5. The van der Waals surface area contributed by atoms with Gasteiger partial charge in [0.1, 0.15) is 13.2 Å². The summed E-state index contributed by atoms with van der Waals surface area (Å²) in [5.74, 6) is 0.247. The fraction of sp³-hybridized carbons (Fsp3) is 0.391. The van der Waals surface area contributed by atoms with Crippen molar-refractivity contribution in [1.29, 1.82) is 0 Å². The van der Waals surface area contributed by atoms with Gasteiger partial charge < -0.3 is 24.1 Å². The van der Waals surface area contributed by atoms with E-state index < -0.39 is 18.0 Å². The molecule has 30 heavy (non-hydrogen) atoms. The van der Waals surface area contributed by atoms with Crippen molar-refractivity contribution in [3.8, 4) is 11.5 Å². The summed E-state index contributed by atoms with van der Waals surface area (Å²) in [7, 11) is 0. The Balaban J connectivity index is 1.33. The smallest absolute Gasteiger partial charge is 0.331 e. The number of hydrogen-bond acceptors (Lipinski definition) is 5. The van der Waals surface area contributed by atoms with Crippen molar-refractivity contribution in [1.82, 2.24) is 4.57 Å². The van der Waals surface area contributed by atoms with Crippen LogP contribution in [0.5, 0.6) is 11.5 Å². The lowest BCUT2D eigenvalue weighted by Gasteiger charge is -2.19. The zero-order chi connectivity index (χ0) is 21.3. The second kappa shape index (κ2) is 8.26. The molecule has 1 amide bonds. The summed E-state index contributed by atoms with van der Waals surface area (Å²) >= 11 is 0. The highest BCUT2D eigenvalue weighted by Gasteiger charge is 2.26. The molecule has 2 aliphatic rings. The van der Waals surface area contributed by atoms with E-state index in [0.717, 1.165) is 11.3 Å². The molecule has 158 valence electrons.